The van der Waals surface area contributed by atoms with Gasteiger partial charge in [-0.25, -0.2) is 5.01 Å². The van der Waals surface area contributed by atoms with Crippen molar-refractivity contribution in [1.82, 2.24) is 9.91 Å². The van der Waals surface area contributed by atoms with E-state index in [-0.39, 0.29) is 17.7 Å². The molecule has 0 aromatic heterocycles. The first-order chi connectivity index (χ1) is 15.2. The Morgan fingerprint density at radius 1 is 0.903 bits per heavy atom. The molecule has 1 aliphatic carbocycles. The van der Waals surface area contributed by atoms with E-state index in [9.17, 15) is 4.79 Å². The summed E-state index contributed by atoms with van der Waals surface area (Å²) in [5, 5.41) is 6.70. The van der Waals surface area contributed by atoms with Gasteiger partial charge in [0.2, 0.25) is 5.91 Å². The number of likely N-dealkylation sites (tertiary alicyclic amines) is 1. The van der Waals surface area contributed by atoms with E-state index < -0.39 is 0 Å². The molecule has 3 aliphatic rings. The minimum atomic E-state index is 0.0661. The lowest BCUT2D eigenvalue weighted by Crippen LogP contribution is -2.46. The molecule has 170 valence electrons. The predicted octanol–water partition coefficient (Wildman–Crippen LogP) is 4.32. The smallest absolute Gasteiger partial charge is 0.246 e. The van der Waals surface area contributed by atoms with Crippen LogP contribution in [-0.2, 0) is 4.79 Å². The van der Waals surface area contributed by atoms with Gasteiger partial charge in [0, 0.05) is 23.9 Å². The second-order valence-electron chi connectivity index (χ2n) is 9.12. The quantitative estimate of drug-likeness (QED) is 0.580. The van der Waals surface area contributed by atoms with Crippen LogP contribution in [0.2, 0.25) is 0 Å². The molecule has 1 aromatic rings. The Labute approximate surface area is 186 Å². The summed E-state index contributed by atoms with van der Waals surface area (Å²) in [7, 11) is 3.31. The van der Waals surface area contributed by atoms with Crippen LogP contribution in [0.3, 0.4) is 0 Å². The number of benzene rings is 1. The van der Waals surface area contributed by atoms with Gasteiger partial charge in [-0.3, -0.25) is 4.79 Å². The van der Waals surface area contributed by atoms with Gasteiger partial charge in [-0.15, -0.1) is 0 Å². The number of unbranched alkanes of at least 4 members (excludes halogenated alkanes) is 1. The van der Waals surface area contributed by atoms with Gasteiger partial charge in [-0.05, 0) is 76.4 Å². The number of methoxy groups -OCH3 is 2. The summed E-state index contributed by atoms with van der Waals surface area (Å²) in [6, 6.07) is 6.00. The number of carbonyl (C=O) groups is 1. The van der Waals surface area contributed by atoms with Crippen LogP contribution in [0.4, 0.5) is 0 Å². The van der Waals surface area contributed by atoms with Gasteiger partial charge < -0.3 is 14.4 Å². The number of amides is 1. The van der Waals surface area contributed by atoms with Crippen molar-refractivity contribution >= 4 is 11.6 Å². The van der Waals surface area contributed by atoms with Crippen molar-refractivity contribution in [1.29, 1.82) is 0 Å². The first kappa shape index (κ1) is 22.1. The van der Waals surface area contributed by atoms with E-state index in [1.807, 2.05) is 12.1 Å². The summed E-state index contributed by atoms with van der Waals surface area (Å²) < 4.78 is 10.9. The summed E-state index contributed by atoms with van der Waals surface area (Å²) in [4.78, 5) is 15.8. The van der Waals surface area contributed by atoms with Crippen LogP contribution < -0.4 is 9.47 Å². The summed E-state index contributed by atoms with van der Waals surface area (Å²) in [5.41, 5.74) is 2.08. The molecule has 2 heterocycles. The third-order valence-electron chi connectivity index (χ3n) is 7.14. The summed E-state index contributed by atoms with van der Waals surface area (Å²) in [5.74, 6) is 1.93. The molecule has 0 spiro atoms. The number of hydrogen-bond acceptors (Lipinski definition) is 5. The van der Waals surface area contributed by atoms with Crippen molar-refractivity contribution in [3.63, 3.8) is 0 Å². The monoisotopic (exact) mass is 427 g/mol. The molecule has 0 unspecified atom stereocenters. The molecule has 4 rings (SSSR count). The van der Waals surface area contributed by atoms with E-state index in [0.717, 1.165) is 56.3 Å². The number of fused-ring (bicyclic) bond motifs is 1. The van der Waals surface area contributed by atoms with Crippen molar-refractivity contribution < 1.29 is 14.3 Å². The lowest BCUT2D eigenvalue weighted by molar-refractivity contribution is -0.139. The van der Waals surface area contributed by atoms with Gasteiger partial charge >= 0.3 is 0 Å². The lowest BCUT2D eigenvalue weighted by atomic mass is 9.73. The number of hydrogen-bond donors (Lipinski definition) is 0. The maximum absolute atomic E-state index is 13.2. The van der Waals surface area contributed by atoms with E-state index >= 15 is 0 Å². The van der Waals surface area contributed by atoms with Crippen LogP contribution in [0, 0.1) is 11.8 Å². The maximum atomic E-state index is 13.2. The number of carbonyl (C=O) groups excluding carboxylic acids is 1. The largest absolute Gasteiger partial charge is 0.493 e. The van der Waals surface area contributed by atoms with E-state index in [0.29, 0.717) is 18.0 Å². The highest BCUT2D eigenvalue weighted by molar-refractivity contribution is 6.07. The predicted molar refractivity (Wildman–Crippen MR) is 123 cm³/mol. The molecule has 0 bridgehead atoms. The first-order valence-electron chi connectivity index (χ1n) is 12.1. The minimum Gasteiger partial charge on any atom is -0.493 e. The first-order valence-corrected chi connectivity index (χ1v) is 12.1. The number of ether oxygens (including phenoxy) is 2. The van der Waals surface area contributed by atoms with Crippen LogP contribution in [0.25, 0.3) is 0 Å². The van der Waals surface area contributed by atoms with E-state index in [1.54, 1.807) is 19.2 Å². The molecule has 0 N–H and O–H groups in total. The average molecular weight is 428 g/mol. The van der Waals surface area contributed by atoms with Gasteiger partial charge in [0.25, 0.3) is 0 Å². The molecule has 2 fully saturated rings. The Bertz CT molecular complexity index is 788. The zero-order chi connectivity index (χ0) is 21.6. The third kappa shape index (κ3) is 5.05. The Morgan fingerprint density at radius 2 is 1.61 bits per heavy atom. The van der Waals surface area contributed by atoms with Crippen molar-refractivity contribution in [3.8, 4) is 11.5 Å². The molecular formula is C25H37N3O3. The molecule has 1 saturated carbocycles. The van der Waals surface area contributed by atoms with Crippen LogP contribution in [-0.4, -0.2) is 61.9 Å². The van der Waals surface area contributed by atoms with Crippen molar-refractivity contribution in [2.45, 2.75) is 57.8 Å². The Morgan fingerprint density at radius 3 is 2.35 bits per heavy atom. The SMILES string of the molecule is COc1ccc(C2=NN(CCCCN3CCCCC3)C(=O)[C@H]3CCCC[C@@H]23)cc1OC. The Hall–Kier alpha value is -2.08. The second-order valence-corrected chi connectivity index (χ2v) is 9.12. The normalized spacial score (nSPS) is 24.5. The molecule has 6 heteroatoms. The summed E-state index contributed by atoms with van der Waals surface area (Å²) in [6.45, 7) is 4.31. The molecule has 1 saturated heterocycles. The van der Waals surface area contributed by atoms with Gasteiger partial charge in [0.1, 0.15) is 0 Å². The Kier molecular flexibility index (Phi) is 7.49. The zero-order valence-electron chi connectivity index (χ0n) is 19.1. The maximum Gasteiger partial charge on any atom is 0.246 e. The van der Waals surface area contributed by atoms with E-state index in [1.165, 1.54) is 32.4 Å². The standard InChI is InChI=1S/C25H37N3O3/c1-30-22-13-12-19(18-23(22)31-2)24-20-10-4-5-11-21(20)25(29)28(26-24)17-9-8-16-27-14-6-3-7-15-27/h12-13,18,20-21H,3-11,14-17H2,1-2H3/t20-,21+/m1/s1. The second kappa shape index (κ2) is 10.5. The fraction of sp³-hybridized carbons (Fsp3) is 0.680. The highest BCUT2D eigenvalue weighted by atomic mass is 16.5. The molecule has 1 aromatic carbocycles. The van der Waals surface area contributed by atoms with E-state index in [4.69, 9.17) is 14.6 Å². The van der Waals surface area contributed by atoms with Crippen molar-refractivity contribution in [2.75, 3.05) is 40.4 Å². The number of nitrogens with zero attached hydrogens (tertiary/aromatic N) is 3. The summed E-state index contributed by atoms with van der Waals surface area (Å²) in [6.07, 6.45) is 10.5. The van der Waals surface area contributed by atoms with E-state index in [2.05, 4.69) is 11.0 Å². The molecule has 2 atom stereocenters. The van der Waals surface area contributed by atoms with Gasteiger partial charge in [-0.2, -0.15) is 5.10 Å². The zero-order valence-corrected chi connectivity index (χ0v) is 19.1. The fourth-order valence-corrected chi connectivity index (χ4v) is 5.41. The topological polar surface area (TPSA) is 54.4 Å². The molecule has 31 heavy (non-hydrogen) atoms. The Balaban J connectivity index is 1.49. The fourth-order valence-electron chi connectivity index (χ4n) is 5.41. The highest BCUT2D eigenvalue weighted by Gasteiger charge is 2.41. The van der Waals surface area contributed by atoms with Crippen molar-refractivity contribution in [2.24, 2.45) is 16.9 Å². The average Bonchev–Trinajstić information content (AvgIpc) is 2.83. The molecule has 1 amide bonds. The number of hydrazone groups is 1. The minimum absolute atomic E-state index is 0.0661. The van der Waals surface area contributed by atoms with Crippen LogP contribution >= 0.6 is 0 Å². The number of piperidine rings is 1. The summed E-state index contributed by atoms with van der Waals surface area (Å²) >= 11 is 0. The van der Waals surface area contributed by atoms with Crippen molar-refractivity contribution in [3.05, 3.63) is 23.8 Å². The molecule has 0 radical (unpaired) electrons. The van der Waals surface area contributed by atoms with Gasteiger partial charge in [0.15, 0.2) is 11.5 Å². The van der Waals surface area contributed by atoms with Gasteiger partial charge in [-0.1, -0.05) is 19.3 Å². The molecule has 6 nitrogen and oxygen atoms in total. The molecule has 2 aliphatic heterocycles. The van der Waals surface area contributed by atoms with Crippen LogP contribution in [0.5, 0.6) is 11.5 Å². The highest BCUT2D eigenvalue weighted by Crippen LogP contribution is 2.39. The van der Waals surface area contributed by atoms with Crippen LogP contribution in [0.1, 0.15) is 63.4 Å². The third-order valence-corrected chi connectivity index (χ3v) is 7.14. The van der Waals surface area contributed by atoms with Crippen LogP contribution in [0.15, 0.2) is 23.3 Å². The number of rotatable bonds is 8. The molecular weight excluding hydrogens is 390 g/mol. The lowest BCUT2D eigenvalue weighted by Gasteiger charge is -2.38. The van der Waals surface area contributed by atoms with Gasteiger partial charge in [0.05, 0.1) is 19.9 Å².